The molecule has 62 heavy (non-hydrogen) atoms. The molecule has 0 aliphatic carbocycles. The van der Waals surface area contributed by atoms with Gasteiger partial charge in [0, 0.05) is 23.6 Å². The highest BCUT2D eigenvalue weighted by Crippen LogP contribution is 2.46. The topological polar surface area (TPSA) is 91.0 Å². The Labute approximate surface area is 362 Å². The summed E-state index contributed by atoms with van der Waals surface area (Å²) in [6.07, 6.45) is 5.83. The quantitative estimate of drug-likeness (QED) is 0.113. The minimum Gasteiger partial charge on any atom is -0.292 e. The number of unbranched alkanes of at least 4 members (excludes halogenated alkanes) is 1. The number of aryl methyl sites for hydroxylation is 1. The van der Waals surface area contributed by atoms with Crippen molar-refractivity contribution in [3.63, 3.8) is 0 Å². The van der Waals surface area contributed by atoms with Gasteiger partial charge < -0.3 is 0 Å². The Hall–Kier alpha value is -6.55. The van der Waals surface area contributed by atoms with Gasteiger partial charge in [-0.25, -0.2) is 9.67 Å². The van der Waals surface area contributed by atoms with E-state index >= 15 is 0 Å². The zero-order valence-corrected chi connectivity index (χ0v) is 35.6. The average molecular weight is 818 g/mol. The summed E-state index contributed by atoms with van der Waals surface area (Å²) in [5.41, 5.74) is 7.96. The Balaban J connectivity index is 1.01. The highest BCUT2D eigenvalue weighted by molar-refractivity contribution is 5.81. The molecule has 9 heteroatoms. The second-order valence-corrected chi connectivity index (χ2v) is 17.4. The van der Waals surface area contributed by atoms with Crippen LogP contribution in [-0.2, 0) is 23.3 Å². The van der Waals surface area contributed by atoms with Crippen LogP contribution < -0.4 is 5.56 Å². The monoisotopic (exact) mass is 817 g/mol. The fraction of sp³-hybridized carbons (Fsp3) is 0.264. The number of hydrogen-bond acceptors (Lipinski definition) is 7. The molecular formula is C53H51N7O2. The van der Waals surface area contributed by atoms with Crippen molar-refractivity contribution in [1.29, 1.82) is 0 Å². The number of fused-ring (bicyclic) bond motifs is 2. The van der Waals surface area contributed by atoms with Crippen molar-refractivity contribution in [3.8, 4) is 22.5 Å². The van der Waals surface area contributed by atoms with Crippen molar-refractivity contribution in [1.82, 2.24) is 34.8 Å². The van der Waals surface area contributed by atoms with Crippen molar-refractivity contribution < 1.29 is 4.84 Å². The molecule has 4 heterocycles. The third kappa shape index (κ3) is 6.95. The van der Waals surface area contributed by atoms with Crippen molar-refractivity contribution in [2.45, 2.75) is 89.1 Å². The number of hydroxylamine groups is 2. The summed E-state index contributed by atoms with van der Waals surface area (Å²) in [6, 6.07) is 54.7. The second kappa shape index (κ2) is 16.4. The molecule has 8 aromatic rings. The largest absolute Gasteiger partial charge is 0.292 e. The van der Waals surface area contributed by atoms with E-state index in [0.717, 1.165) is 94.4 Å². The molecule has 2 unspecified atom stereocenters. The van der Waals surface area contributed by atoms with Crippen LogP contribution in [0.25, 0.3) is 33.4 Å². The fourth-order valence-electron chi connectivity index (χ4n) is 9.87. The normalized spacial score (nSPS) is 17.4. The average Bonchev–Trinajstić information content (AvgIpc) is 4.06. The molecule has 310 valence electrons. The Morgan fingerprint density at radius 2 is 1.39 bits per heavy atom. The number of nitrogens with zero attached hydrogens (tertiary/aromatic N) is 7. The molecule has 0 saturated carbocycles. The SMILES string of the molecule is CCCCc1nc2ccc(C3CC4CCC(C)(C)N4O3)cc2c(=O)n1Cc1ccc(-c2ccccc2-c2nnnn2C(c2ccccc2)(c2ccccc2)c2ccccc2)cc1. The van der Waals surface area contributed by atoms with Gasteiger partial charge in [0.2, 0.25) is 0 Å². The summed E-state index contributed by atoms with van der Waals surface area (Å²) < 4.78 is 3.86. The molecule has 9 nitrogen and oxygen atoms in total. The third-order valence-corrected chi connectivity index (χ3v) is 13.1. The van der Waals surface area contributed by atoms with Crippen LogP contribution in [0.1, 0.15) is 92.6 Å². The van der Waals surface area contributed by atoms with Gasteiger partial charge in [-0.15, -0.1) is 5.10 Å². The maximum Gasteiger partial charge on any atom is 0.261 e. The van der Waals surface area contributed by atoms with Crippen molar-refractivity contribution in [2.75, 3.05) is 0 Å². The van der Waals surface area contributed by atoms with E-state index in [9.17, 15) is 4.79 Å². The van der Waals surface area contributed by atoms with E-state index in [1.54, 1.807) is 0 Å². The van der Waals surface area contributed by atoms with E-state index in [0.29, 0.717) is 23.8 Å². The van der Waals surface area contributed by atoms with Gasteiger partial charge in [0.1, 0.15) is 17.5 Å². The van der Waals surface area contributed by atoms with E-state index in [1.165, 1.54) is 0 Å². The predicted molar refractivity (Wildman–Crippen MR) is 244 cm³/mol. The smallest absolute Gasteiger partial charge is 0.261 e. The summed E-state index contributed by atoms with van der Waals surface area (Å²) in [4.78, 5) is 26.2. The highest BCUT2D eigenvalue weighted by atomic mass is 16.7. The summed E-state index contributed by atoms with van der Waals surface area (Å²) >= 11 is 0. The molecular weight excluding hydrogens is 767 g/mol. The van der Waals surface area contributed by atoms with Crippen molar-refractivity contribution >= 4 is 10.9 Å². The lowest BCUT2D eigenvalue weighted by Crippen LogP contribution is -2.39. The maximum atomic E-state index is 14.5. The van der Waals surface area contributed by atoms with Crippen LogP contribution in [0.3, 0.4) is 0 Å². The molecule has 10 rings (SSSR count). The first-order chi connectivity index (χ1) is 30.3. The van der Waals surface area contributed by atoms with E-state index < -0.39 is 5.54 Å². The molecule has 0 radical (unpaired) electrons. The highest BCUT2D eigenvalue weighted by Gasteiger charge is 2.47. The fourth-order valence-corrected chi connectivity index (χ4v) is 9.87. The molecule has 0 N–H and O–H groups in total. The van der Waals surface area contributed by atoms with Crippen LogP contribution in [0.15, 0.2) is 163 Å². The number of aromatic nitrogens is 6. The van der Waals surface area contributed by atoms with E-state index in [-0.39, 0.29) is 17.2 Å². The van der Waals surface area contributed by atoms with Gasteiger partial charge in [0.15, 0.2) is 5.82 Å². The predicted octanol–water partition coefficient (Wildman–Crippen LogP) is 10.6. The van der Waals surface area contributed by atoms with Gasteiger partial charge in [-0.05, 0) is 101 Å². The lowest BCUT2D eigenvalue weighted by molar-refractivity contribution is -0.199. The van der Waals surface area contributed by atoms with Crippen LogP contribution in [0.4, 0.5) is 0 Å². The molecule has 6 aromatic carbocycles. The lowest BCUT2D eigenvalue weighted by atomic mass is 9.77. The van der Waals surface area contributed by atoms with Gasteiger partial charge in [-0.3, -0.25) is 14.2 Å². The first-order valence-electron chi connectivity index (χ1n) is 22.0. The number of tetrazole rings is 1. The molecule has 0 spiro atoms. The van der Waals surface area contributed by atoms with Gasteiger partial charge in [-0.2, -0.15) is 5.06 Å². The molecule has 2 aliphatic rings. The Bertz CT molecular complexity index is 2790. The van der Waals surface area contributed by atoms with Crippen LogP contribution in [0.2, 0.25) is 0 Å². The van der Waals surface area contributed by atoms with E-state index in [4.69, 9.17) is 20.1 Å². The van der Waals surface area contributed by atoms with Crippen LogP contribution in [0.5, 0.6) is 0 Å². The van der Waals surface area contributed by atoms with Gasteiger partial charge in [0.25, 0.3) is 5.56 Å². The first-order valence-corrected chi connectivity index (χ1v) is 22.0. The summed E-state index contributed by atoms with van der Waals surface area (Å²) in [7, 11) is 0. The molecule has 2 aromatic heterocycles. The van der Waals surface area contributed by atoms with Gasteiger partial charge in [-0.1, -0.05) is 159 Å². The zero-order valence-electron chi connectivity index (χ0n) is 35.6. The van der Waals surface area contributed by atoms with Crippen molar-refractivity contribution in [2.24, 2.45) is 0 Å². The van der Waals surface area contributed by atoms with Gasteiger partial charge in [0.05, 0.1) is 17.4 Å². The summed E-state index contributed by atoms with van der Waals surface area (Å²) in [5, 5.41) is 16.8. The molecule has 2 aliphatic heterocycles. The van der Waals surface area contributed by atoms with Crippen LogP contribution in [-0.4, -0.2) is 46.4 Å². The Kier molecular flexibility index (Phi) is 10.5. The Morgan fingerprint density at radius 3 is 2.02 bits per heavy atom. The van der Waals surface area contributed by atoms with Crippen LogP contribution >= 0.6 is 0 Å². The summed E-state index contributed by atoms with van der Waals surface area (Å²) in [5.74, 6) is 1.46. The molecule has 2 fully saturated rings. The first kappa shape index (κ1) is 39.6. The second-order valence-electron chi connectivity index (χ2n) is 17.4. The van der Waals surface area contributed by atoms with Gasteiger partial charge >= 0.3 is 0 Å². The lowest BCUT2D eigenvalue weighted by Gasteiger charge is -2.36. The summed E-state index contributed by atoms with van der Waals surface area (Å²) in [6.45, 7) is 7.09. The minimum absolute atomic E-state index is 0.0122. The number of benzene rings is 6. The minimum atomic E-state index is -0.880. The molecule has 0 bridgehead atoms. The molecule has 0 amide bonds. The zero-order chi connectivity index (χ0) is 42.3. The maximum absolute atomic E-state index is 14.5. The van der Waals surface area contributed by atoms with E-state index in [1.807, 2.05) is 45.6 Å². The van der Waals surface area contributed by atoms with E-state index in [2.05, 4.69) is 152 Å². The van der Waals surface area contributed by atoms with Crippen molar-refractivity contribution in [3.05, 3.63) is 202 Å². The Morgan fingerprint density at radius 1 is 0.758 bits per heavy atom. The third-order valence-electron chi connectivity index (χ3n) is 13.1. The molecule has 2 saturated heterocycles. The number of rotatable bonds is 12. The molecule has 2 atom stereocenters. The van der Waals surface area contributed by atoms with Crippen LogP contribution in [0, 0.1) is 0 Å². The standard InChI is InChI=1S/C53H51N7O2/c1-4-5-25-49-54-47-31-30-39(48-35-43-32-33-52(2,3)60(43)62-48)34-46(47)51(61)58(49)36-37-26-28-38(29-27-37)44-23-15-16-24-45(44)50-55-56-57-59(50)53(40-17-9-6-10-18-40,41-19-11-7-12-20-41)42-21-13-8-14-22-42/h6-24,26-31,34,43,48H,4-5,25,32-33,35-36H2,1-3H3. The number of hydrogen-bond donors (Lipinski definition) is 0.